The summed E-state index contributed by atoms with van der Waals surface area (Å²) >= 11 is 0. The second kappa shape index (κ2) is 12.5. The summed E-state index contributed by atoms with van der Waals surface area (Å²) in [5.74, 6) is 0.886. The first-order valence-corrected chi connectivity index (χ1v) is 7.16. The van der Waals surface area contributed by atoms with Crippen LogP contribution in [0, 0.1) is 0 Å². The number of nitrogens with zero attached hydrogens (tertiary/aromatic N) is 1. The minimum atomic E-state index is -0.00413. The second-order valence-electron chi connectivity index (χ2n) is 4.21. The van der Waals surface area contributed by atoms with E-state index in [1.165, 1.54) is 4.90 Å². The average Bonchev–Trinajstić information content (AvgIpc) is 2.49. The van der Waals surface area contributed by atoms with E-state index >= 15 is 0 Å². The van der Waals surface area contributed by atoms with Gasteiger partial charge in [0.05, 0.1) is 6.61 Å². The molecule has 20 heavy (non-hydrogen) atoms. The van der Waals surface area contributed by atoms with E-state index in [0.29, 0.717) is 13.2 Å². The third-order valence-corrected chi connectivity index (χ3v) is 2.42. The summed E-state index contributed by atoms with van der Waals surface area (Å²) in [6, 6.07) is 9.73. The molecule has 0 fully saturated rings. The molecule has 0 saturated heterocycles. The Labute approximate surface area is 122 Å². The van der Waals surface area contributed by atoms with Crippen molar-refractivity contribution in [1.29, 1.82) is 0 Å². The number of carbonyl (C=O) groups excluding carboxylic acids is 1. The number of rotatable bonds is 8. The Bertz CT molecular complexity index is 339. The highest BCUT2D eigenvalue weighted by atomic mass is 16.5. The molecule has 0 aliphatic rings. The van der Waals surface area contributed by atoms with Crippen LogP contribution < -0.4 is 4.74 Å². The fourth-order valence-corrected chi connectivity index (χ4v) is 1.30. The summed E-state index contributed by atoms with van der Waals surface area (Å²) in [4.78, 5) is 12.7. The van der Waals surface area contributed by atoms with Crippen molar-refractivity contribution in [2.45, 2.75) is 26.7 Å². The maximum Gasteiger partial charge on any atom is 0.248 e. The molecule has 1 amide bonds. The van der Waals surface area contributed by atoms with Gasteiger partial charge >= 0.3 is 0 Å². The van der Waals surface area contributed by atoms with E-state index in [1.807, 2.05) is 44.2 Å². The molecule has 1 aromatic rings. The molecule has 4 nitrogen and oxygen atoms in total. The first kappa shape index (κ1) is 18.4. The summed E-state index contributed by atoms with van der Waals surface area (Å²) in [7, 11) is 3.44. The quantitative estimate of drug-likeness (QED) is 0.688. The zero-order chi connectivity index (χ0) is 15.2. The maximum absolute atomic E-state index is 11.2. The van der Waals surface area contributed by atoms with Crippen molar-refractivity contribution in [3.8, 4) is 5.75 Å². The Kier molecular flexibility index (Phi) is 11.5. The number of benzene rings is 1. The van der Waals surface area contributed by atoms with E-state index in [9.17, 15) is 4.79 Å². The lowest BCUT2D eigenvalue weighted by atomic mass is 10.3. The lowest BCUT2D eigenvalue weighted by Gasteiger charge is -2.10. The van der Waals surface area contributed by atoms with Crippen LogP contribution in [-0.4, -0.2) is 44.7 Å². The molecule has 114 valence electrons. The van der Waals surface area contributed by atoms with Gasteiger partial charge < -0.3 is 14.4 Å². The van der Waals surface area contributed by atoms with E-state index in [2.05, 4.69) is 0 Å². The highest BCUT2D eigenvalue weighted by Crippen LogP contribution is 2.08. The van der Waals surface area contributed by atoms with Crippen LogP contribution in [0.25, 0.3) is 0 Å². The summed E-state index contributed by atoms with van der Waals surface area (Å²) < 4.78 is 10.8. The van der Waals surface area contributed by atoms with Crippen LogP contribution in [0.4, 0.5) is 0 Å². The summed E-state index contributed by atoms with van der Waals surface area (Å²) in [5.41, 5.74) is 0. The molecule has 1 aromatic carbocycles. The number of likely N-dealkylation sites (N-methyl/N-ethyl adjacent to an activating group) is 1. The molecule has 1 rings (SSSR count). The van der Waals surface area contributed by atoms with Crippen LogP contribution in [0.1, 0.15) is 26.7 Å². The van der Waals surface area contributed by atoms with Crippen LogP contribution in [0.3, 0.4) is 0 Å². The highest BCUT2D eigenvalue weighted by Gasteiger charge is 2.02. The minimum Gasteiger partial charge on any atom is -0.494 e. The zero-order valence-electron chi connectivity index (χ0n) is 13.1. The van der Waals surface area contributed by atoms with Crippen molar-refractivity contribution in [2.24, 2.45) is 0 Å². The number of amides is 1. The van der Waals surface area contributed by atoms with Crippen LogP contribution in [0.5, 0.6) is 5.75 Å². The van der Waals surface area contributed by atoms with Crippen molar-refractivity contribution in [3.63, 3.8) is 0 Å². The molecular formula is C16H27NO3. The Morgan fingerprint density at radius 1 is 1.05 bits per heavy atom. The van der Waals surface area contributed by atoms with Crippen LogP contribution in [0.2, 0.25) is 0 Å². The van der Waals surface area contributed by atoms with Crippen molar-refractivity contribution in [1.82, 2.24) is 4.90 Å². The topological polar surface area (TPSA) is 38.8 Å². The number of para-hydroxylation sites is 1. The van der Waals surface area contributed by atoms with Crippen LogP contribution in [-0.2, 0) is 9.53 Å². The van der Waals surface area contributed by atoms with Crippen LogP contribution >= 0.6 is 0 Å². The first-order valence-electron chi connectivity index (χ1n) is 7.16. The molecule has 0 N–H and O–H groups in total. The van der Waals surface area contributed by atoms with Gasteiger partial charge in [-0.3, -0.25) is 4.79 Å². The van der Waals surface area contributed by atoms with E-state index < -0.39 is 0 Å². The smallest absolute Gasteiger partial charge is 0.248 e. The number of ether oxygens (including phenoxy) is 2. The molecular weight excluding hydrogens is 254 g/mol. The van der Waals surface area contributed by atoms with Gasteiger partial charge in [0.25, 0.3) is 0 Å². The Hall–Kier alpha value is -1.55. The van der Waals surface area contributed by atoms with E-state index in [4.69, 9.17) is 9.47 Å². The number of carbonyl (C=O) groups is 1. The van der Waals surface area contributed by atoms with Gasteiger partial charge in [-0.15, -0.1) is 0 Å². The van der Waals surface area contributed by atoms with Gasteiger partial charge in [-0.1, -0.05) is 32.0 Å². The predicted molar refractivity (Wildman–Crippen MR) is 82.0 cm³/mol. The van der Waals surface area contributed by atoms with Crippen molar-refractivity contribution in [3.05, 3.63) is 30.3 Å². The fraction of sp³-hybridized carbons (Fsp3) is 0.562. The molecule has 0 unspecified atom stereocenters. The monoisotopic (exact) mass is 281 g/mol. The average molecular weight is 281 g/mol. The third-order valence-electron chi connectivity index (χ3n) is 2.42. The van der Waals surface area contributed by atoms with Crippen LogP contribution in [0.15, 0.2) is 30.3 Å². The van der Waals surface area contributed by atoms with E-state index in [1.54, 1.807) is 14.1 Å². The normalized spacial score (nSPS) is 9.40. The molecule has 4 heteroatoms. The van der Waals surface area contributed by atoms with Gasteiger partial charge in [-0.25, -0.2) is 0 Å². The fourth-order valence-electron chi connectivity index (χ4n) is 1.30. The SMILES string of the molecule is CC.CN(C)C(=O)COCCCCOc1ccccc1. The van der Waals surface area contributed by atoms with Gasteiger partial charge in [0.1, 0.15) is 12.4 Å². The maximum atomic E-state index is 11.2. The predicted octanol–water partition coefficient (Wildman–Crippen LogP) is 2.98. The Balaban J connectivity index is 0.00000172. The lowest BCUT2D eigenvalue weighted by molar-refractivity contribution is -0.133. The van der Waals surface area contributed by atoms with Crippen molar-refractivity contribution >= 4 is 5.91 Å². The highest BCUT2D eigenvalue weighted by molar-refractivity contribution is 5.76. The molecule has 0 bridgehead atoms. The summed E-state index contributed by atoms with van der Waals surface area (Å²) in [5, 5.41) is 0. The first-order chi connectivity index (χ1) is 9.70. The minimum absolute atomic E-state index is 0.00413. The molecule has 0 spiro atoms. The standard InChI is InChI=1S/C14H21NO3.C2H6/c1-15(2)14(16)12-17-10-6-7-11-18-13-8-4-3-5-9-13;1-2/h3-5,8-9H,6-7,10-12H2,1-2H3;1-2H3. The largest absolute Gasteiger partial charge is 0.494 e. The lowest BCUT2D eigenvalue weighted by Crippen LogP contribution is -2.26. The van der Waals surface area contributed by atoms with Gasteiger partial charge in [-0.05, 0) is 25.0 Å². The molecule has 0 heterocycles. The number of unbranched alkanes of at least 4 members (excludes halogenated alkanes) is 1. The Morgan fingerprint density at radius 3 is 2.25 bits per heavy atom. The number of hydrogen-bond acceptors (Lipinski definition) is 3. The molecule has 0 atom stereocenters. The molecule has 0 saturated carbocycles. The summed E-state index contributed by atoms with van der Waals surface area (Å²) in [6.45, 7) is 5.43. The molecule has 0 aliphatic carbocycles. The molecule has 0 aromatic heterocycles. The zero-order valence-corrected chi connectivity index (χ0v) is 13.1. The second-order valence-corrected chi connectivity index (χ2v) is 4.21. The van der Waals surface area contributed by atoms with Crippen molar-refractivity contribution in [2.75, 3.05) is 33.9 Å². The van der Waals surface area contributed by atoms with E-state index in [-0.39, 0.29) is 12.5 Å². The van der Waals surface area contributed by atoms with Gasteiger partial charge in [0, 0.05) is 20.7 Å². The molecule has 0 radical (unpaired) electrons. The number of hydrogen-bond donors (Lipinski definition) is 0. The van der Waals surface area contributed by atoms with Crippen molar-refractivity contribution < 1.29 is 14.3 Å². The van der Waals surface area contributed by atoms with Gasteiger partial charge in [-0.2, -0.15) is 0 Å². The van der Waals surface area contributed by atoms with Gasteiger partial charge in [0.2, 0.25) is 5.91 Å². The van der Waals surface area contributed by atoms with E-state index in [0.717, 1.165) is 18.6 Å². The van der Waals surface area contributed by atoms with Gasteiger partial charge in [0.15, 0.2) is 0 Å². The summed E-state index contributed by atoms with van der Waals surface area (Å²) in [6.07, 6.45) is 1.82. The molecule has 0 aliphatic heterocycles. The Morgan fingerprint density at radius 2 is 1.65 bits per heavy atom. The third kappa shape index (κ3) is 9.39.